The van der Waals surface area contributed by atoms with Crippen LogP contribution >= 0.6 is 15.9 Å². The van der Waals surface area contributed by atoms with Gasteiger partial charge in [0.15, 0.2) is 0 Å². The van der Waals surface area contributed by atoms with Gasteiger partial charge in [-0.3, -0.25) is 0 Å². The highest BCUT2D eigenvalue weighted by molar-refractivity contribution is 9.10. The normalized spacial score (nSPS) is 18.9. The van der Waals surface area contributed by atoms with Crippen molar-refractivity contribution in [1.29, 1.82) is 0 Å². The summed E-state index contributed by atoms with van der Waals surface area (Å²) in [5.41, 5.74) is 1.46. The molecule has 0 amide bonds. The topological polar surface area (TPSA) is 30.5 Å². The molecule has 1 aliphatic carbocycles. The SMILES string of the molecule is CNC(c1cc(OC)c(Br)cc1OC)C1(C)CCCC1. The molecule has 3 nitrogen and oxygen atoms in total. The molecule has 1 saturated carbocycles. The highest BCUT2D eigenvalue weighted by atomic mass is 79.9. The Morgan fingerprint density at radius 2 is 1.75 bits per heavy atom. The van der Waals surface area contributed by atoms with Crippen LogP contribution in [0.1, 0.15) is 44.2 Å². The maximum Gasteiger partial charge on any atom is 0.133 e. The highest BCUT2D eigenvalue weighted by Gasteiger charge is 2.38. The van der Waals surface area contributed by atoms with Crippen LogP contribution in [-0.4, -0.2) is 21.3 Å². The molecular formula is C16H24BrNO2. The number of methoxy groups -OCH3 is 2. The van der Waals surface area contributed by atoms with Gasteiger partial charge in [-0.15, -0.1) is 0 Å². The Morgan fingerprint density at radius 1 is 1.15 bits per heavy atom. The maximum atomic E-state index is 5.59. The quantitative estimate of drug-likeness (QED) is 0.865. The summed E-state index contributed by atoms with van der Waals surface area (Å²) in [6.45, 7) is 2.37. The van der Waals surface area contributed by atoms with Crippen molar-refractivity contribution in [3.05, 3.63) is 22.2 Å². The maximum absolute atomic E-state index is 5.59. The minimum absolute atomic E-state index is 0.279. The van der Waals surface area contributed by atoms with Crippen LogP contribution in [-0.2, 0) is 0 Å². The molecule has 4 heteroatoms. The van der Waals surface area contributed by atoms with Gasteiger partial charge in [-0.2, -0.15) is 0 Å². The van der Waals surface area contributed by atoms with Gasteiger partial charge < -0.3 is 14.8 Å². The lowest BCUT2D eigenvalue weighted by Gasteiger charge is -2.35. The smallest absolute Gasteiger partial charge is 0.133 e. The van der Waals surface area contributed by atoms with Crippen molar-refractivity contribution < 1.29 is 9.47 Å². The van der Waals surface area contributed by atoms with E-state index >= 15 is 0 Å². The van der Waals surface area contributed by atoms with Crippen molar-refractivity contribution >= 4 is 15.9 Å². The first kappa shape index (κ1) is 15.6. The summed E-state index contributed by atoms with van der Waals surface area (Å²) < 4.78 is 12.0. The molecule has 1 unspecified atom stereocenters. The minimum atomic E-state index is 0.279. The molecule has 1 fully saturated rings. The Balaban J connectivity index is 2.47. The zero-order valence-electron chi connectivity index (χ0n) is 12.8. The van der Waals surface area contributed by atoms with Crippen molar-refractivity contribution in [2.75, 3.05) is 21.3 Å². The molecule has 1 aliphatic rings. The minimum Gasteiger partial charge on any atom is -0.496 e. The number of halogens is 1. The van der Waals surface area contributed by atoms with E-state index in [1.165, 1.54) is 31.2 Å². The van der Waals surface area contributed by atoms with Crippen molar-refractivity contribution in [2.24, 2.45) is 5.41 Å². The summed E-state index contributed by atoms with van der Waals surface area (Å²) >= 11 is 3.52. The number of hydrogen-bond donors (Lipinski definition) is 1. The fourth-order valence-corrected chi connectivity index (χ4v) is 3.94. The second-order valence-electron chi connectivity index (χ2n) is 5.81. The zero-order chi connectivity index (χ0) is 14.8. The van der Waals surface area contributed by atoms with Crippen LogP contribution in [0, 0.1) is 5.41 Å². The number of rotatable bonds is 5. The number of benzene rings is 1. The second-order valence-corrected chi connectivity index (χ2v) is 6.67. The van der Waals surface area contributed by atoms with Gasteiger partial charge in [0, 0.05) is 11.6 Å². The molecule has 112 valence electrons. The van der Waals surface area contributed by atoms with Gasteiger partial charge in [0.2, 0.25) is 0 Å². The largest absolute Gasteiger partial charge is 0.496 e. The van der Waals surface area contributed by atoms with Gasteiger partial charge in [0.1, 0.15) is 11.5 Å². The van der Waals surface area contributed by atoms with Gasteiger partial charge in [0.05, 0.1) is 18.7 Å². The molecule has 0 spiro atoms. The summed E-state index contributed by atoms with van der Waals surface area (Å²) in [6.07, 6.45) is 5.12. The van der Waals surface area contributed by atoms with Crippen molar-refractivity contribution in [3.63, 3.8) is 0 Å². The van der Waals surface area contributed by atoms with Crippen LogP contribution in [0.25, 0.3) is 0 Å². The van der Waals surface area contributed by atoms with Crippen molar-refractivity contribution in [3.8, 4) is 11.5 Å². The van der Waals surface area contributed by atoms with E-state index in [2.05, 4.69) is 34.2 Å². The van der Waals surface area contributed by atoms with Crippen LogP contribution in [0.5, 0.6) is 11.5 Å². The van der Waals surface area contributed by atoms with Gasteiger partial charge in [-0.25, -0.2) is 0 Å². The monoisotopic (exact) mass is 341 g/mol. The lowest BCUT2D eigenvalue weighted by Crippen LogP contribution is -2.32. The van der Waals surface area contributed by atoms with E-state index in [1.807, 2.05) is 13.1 Å². The van der Waals surface area contributed by atoms with Crippen LogP contribution in [0.3, 0.4) is 0 Å². The molecule has 1 aromatic carbocycles. The summed E-state index contributed by atoms with van der Waals surface area (Å²) in [5, 5.41) is 3.50. The van der Waals surface area contributed by atoms with Crippen LogP contribution in [0.2, 0.25) is 0 Å². The first-order valence-corrected chi connectivity index (χ1v) is 7.93. The molecule has 0 heterocycles. The standard InChI is InChI=1S/C16H24BrNO2/c1-16(7-5-6-8-16)15(18-2)11-9-14(20-4)12(17)10-13(11)19-3/h9-10,15,18H,5-8H2,1-4H3. The lowest BCUT2D eigenvalue weighted by molar-refractivity contribution is 0.228. The van der Waals surface area contributed by atoms with Crippen molar-refractivity contribution in [1.82, 2.24) is 5.32 Å². The van der Waals surface area contributed by atoms with Crippen LogP contribution in [0.4, 0.5) is 0 Å². The van der Waals surface area contributed by atoms with E-state index < -0.39 is 0 Å². The average molecular weight is 342 g/mol. The van der Waals surface area contributed by atoms with Crippen LogP contribution < -0.4 is 14.8 Å². The van der Waals surface area contributed by atoms with E-state index in [9.17, 15) is 0 Å². The molecule has 1 aromatic rings. The third-order valence-electron chi connectivity index (χ3n) is 4.55. The summed E-state index contributed by atoms with van der Waals surface area (Å²) in [6, 6.07) is 4.37. The fourth-order valence-electron chi connectivity index (χ4n) is 3.46. The summed E-state index contributed by atoms with van der Waals surface area (Å²) in [4.78, 5) is 0. The van der Waals surface area contributed by atoms with E-state index in [0.29, 0.717) is 0 Å². The molecule has 0 radical (unpaired) electrons. The Morgan fingerprint density at radius 3 is 2.25 bits per heavy atom. The molecule has 0 saturated heterocycles. The third-order valence-corrected chi connectivity index (χ3v) is 5.17. The Labute approximate surface area is 130 Å². The van der Waals surface area contributed by atoms with Gasteiger partial charge >= 0.3 is 0 Å². The molecule has 1 N–H and O–H groups in total. The number of ether oxygens (including phenoxy) is 2. The molecule has 0 aliphatic heterocycles. The van der Waals surface area contributed by atoms with Gasteiger partial charge in [0.25, 0.3) is 0 Å². The van der Waals surface area contributed by atoms with Gasteiger partial charge in [-0.1, -0.05) is 19.8 Å². The van der Waals surface area contributed by atoms with Crippen molar-refractivity contribution in [2.45, 2.75) is 38.6 Å². The molecule has 0 aromatic heterocycles. The van der Waals surface area contributed by atoms with E-state index in [4.69, 9.17) is 9.47 Å². The Bertz CT molecular complexity index is 470. The molecule has 0 bridgehead atoms. The highest BCUT2D eigenvalue weighted by Crippen LogP contribution is 2.50. The van der Waals surface area contributed by atoms with E-state index in [0.717, 1.165) is 16.0 Å². The average Bonchev–Trinajstić information content (AvgIpc) is 2.88. The zero-order valence-corrected chi connectivity index (χ0v) is 14.3. The molecular weight excluding hydrogens is 318 g/mol. The Hall–Kier alpha value is -0.740. The van der Waals surface area contributed by atoms with Crippen LogP contribution in [0.15, 0.2) is 16.6 Å². The molecule has 2 rings (SSSR count). The van der Waals surface area contributed by atoms with E-state index in [-0.39, 0.29) is 11.5 Å². The van der Waals surface area contributed by atoms with E-state index in [1.54, 1.807) is 14.2 Å². The predicted octanol–water partition coefficient (Wildman–Crippen LogP) is 4.31. The summed E-state index contributed by atoms with van der Waals surface area (Å²) in [5.74, 6) is 1.76. The second kappa shape index (κ2) is 6.35. The summed E-state index contributed by atoms with van der Waals surface area (Å²) in [7, 11) is 5.45. The van der Waals surface area contributed by atoms with Gasteiger partial charge in [-0.05, 0) is 53.4 Å². The third kappa shape index (κ3) is 2.82. The first-order chi connectivity index (χ1) is 9.55. The fraction of sp³-hybridized carbons (Fsp3) is 0.625. The lowest BCUT2D eigenvalue weighted by atomic mass is 9.77. The first-order valence-electron chi connectivity index (χ1n) is 7.14. The Kier molecular flexibility index (Phi) is 4.97. The molecule has 20 heavy (non-hydrogen) atoms. The predicted molar refractivity (Wildman–Crippen MR) is 85.6 cm³/mol. The number of hydrogen-bond acceptors (Lipinski definition) is 3. The number of nitrogens with one attached hydrogen (secondary N) is 1. The molecule has 1 atom stereocenters.